The van der Waals surface area contributed by atoms with E-state index in [2.05, 4.69) is 10.3 Å². The van der Waals surface area contributed by atoms with Crippen LogP contribution in [0.1, 0.15) is 24.5 Å². The van der Waals surface area contributed by atoms with Gasteiger partial charge in [0.1, 0.15) is 12.4 Å². The maximum atomic E-state index is 6.13. The summed E-state index contributed by atoms with van der Waals surface area (Å²) in [6.07, 6.45) is 0.895. The average Bonchev–Trinajstić information content (AvgIpc) is 2.66. The van der Waals surface area contributed by atoms with Crippen molar-refractivity contribution in [2.75, 3.05) is 19.8 Å². The van der Waals surface area contributed by atoms with Crippen LogP contribution in [0.5, 0.6) is 5.75 Å². The zero-order valence-corrected chi connectivity index (χ0v) is 18.6. The van der Waals surface area contributed by atoms with Gasteiger partial charge in [0, 0.05) is 19.8 Å². The van der Waals surface area contributed by atoms with Crippen LogP contribution in [0.15, 0.2) is 53.5 Å². The van der Waals surface area contributed by atoms with Gasteiger partial charge >= 0.3 is 0 Å². The molecule has 0 saturated heterocycles. The van der Waals surface area contributed by atoms with Gasteiger partial charge in [0.15, 0.2) is 5.96 Å². The molecule has 148 valence electrons. The molecule has 2 aromatic rings. The Kier molecular flexibility index (Phi) is 11.9. The summed E-state index contributed by atoms with van der Waals surface area (Å²) in [5, 5.41) is 3.70. The molecule has 0 unspecified atom stereocenters. The zero-order valence-electron chi connectivity index (χ0n) is 15.5. The topological polar surface area (TPSA) is 68.9 Å². The maximum absolute atomic E-state index is 6.13. The minimum absolute atomic E-state index is 0. The quantitative estimate of drug-likeness (QED) is 0.219. The molecule has 0 heterocycles. The number of nitrogens with zero attached hydrogens (tertiary/aromatic N) is 1. The molecule has 0 aliphatic heterocycles. The van der Waals surface area contributed by atoms with Crippen LogP contribution in [0.4, 0.5) is 0 Å². The fourth-order valence-corrected chi connectivity index (χ4v) is 2.52. The first-order valence-corrected chi connectivity index (χ1v) is 9.14. The third kappa shape index (κ3) is 8.81. The monoisotopic (exact) mass is 503 g/mol. The largest absolute Gasteiger partial charge is 0.487 e. The molecule has 5 nitrogen and oxygen atoms in total. The lowest BCUT2D eigenvalue weighted by atomic mass is 10.1. The van der Waals surface area contributed by atoms with E-state index < -0.39 is 0 Å². The molecule has 0 atom stereocenters. The van der Waals surface area contributed by atoms with E-state index in [9.17, 15) is 0 Å². The van der Waals surface area contributed by atoms with E-state index >= 15 is 0 Å². The number of guanidine groups is 1. The first kappa shape index (κ1) is 23.5. The van der Waals surface area contributed by atoms with Crippen LogP contribution in [-0.2, 0) is 17.9 Å². The molecule has 2 aromatic carbocycles. The smallest absolute Gasteiger partial charge is 0.188 e. The van der Waals surface area contributed by atoms with Crippen molar-refractivity contribution in [2.45, 2.75) is 26.5 Å². The summed E-state index contributed by atoms with van der Waals surface area (Å²) in [5.74, 6) is 1.10. The van der Waals surface area contributed by atoms with Gasteiger partial charge in [0.25, 0.3) is 0 Å². The van der Waals surface area contributed by atoms with Crippen molar-refractivity contribution in [3.05, 3.63) is 64.7 Å². The second kappa shape index (κ2) is 13.6. The Balaban J connectivity index is 0.00000364. The summed E-state index contributed by atoms with van der Waals surface area (Å²) in [4.78, 5) is 4.41. The SMILES string of the molecule is CCOCCCNC(N)=NCc1ccccc1COc1ccccc1Cl.I. The number of para-hydroxylation sites is 1. The molecule has 3 N–H and O–H groups in total. The second-order valence-electron chi connectivity index (χ2n) is 5.67. The number of hydrogen-bond donors (Lipinski definition) is 2. The van der Waals surface area contributed by atoms with E-state index in [-0.39, 0.29) is 24.0 Å². The van der Waals surface area contributed by atoms with E-state index in [0.717, 1.165) is 37.3 Å². The fraction of sp³-hybridized carbons (Fsp3) is 0.350. The predicted octanol–water partition coefficient (Wildman–Crippen LogP) is 4.37. The third-order valence-corrected chi connectivity index (χ3v) is 4.05. The minimum Gasteiger partial charge on any atom is -0.487 e. The van der Waals surface area contributed by atoms with Crippen molar-refractivity contribution >= 4 is 41.5 Å². The van der Waals surface area contributed by atoms with Gasteiger partial charge in [-0.2, -0.15) is 0 Å². The van der Waals surface area contributed by atoms with Gasteiger partial charge in [-0.3, -0.25) is 0 Å². The van der Waals surface area contributed by atoms with E-state index in [0.29, 0.717) is 29.9 Å². The summed E-state index contributed by atoms with van der Waals surface area (Å²) in [6, 6.07) is 15.4. The molecule has 0 aliphatic rings. The lowest BCUT2D eigenvalue weighted by molar-refractivity contribution is 0.145. The summed E-state index contributed by atoms with van der Waals surface area (Å²) >= 11 is 6.13. The van der Waals surface area contributed by atoms with Crippen molar-refractivity contribution in [1.82, 2.24) is 5.32 Å². The van der Waals surface area contributed by atoms with Crippen LogP contribution < -0.4 is 15.8 Å². The van der Waals surface area contributed by atoms with Crippen LogP contribution in [0.2, 0.25) is 5.02 Å². The number of benzene rings is 2. The zero-order chi connectivity index (χ0) is 18.6. The van der Waals surface area contributed by atoms with Gasteiger partial charge in [0.2, 0.25) is 0 Å². The number of nitrogens with two attached hydrogens (primary N) is 1. The third-order valence-electron chi connectivity index (χ3n) is 3.73. The Morgan fingerprint density at radius 2 is 1.81 bits per heavy atom. The molecule has 0 saturated carbocycles. The highest BCUT2D eigenvalue weighted by molar-refractivity contribution is 14.0. The number of halogens is 2. The fourth-order valence-electron chi connectivity index (χ4n) is 2.33. The van der Waals surface area contributed by atoms with E-state index in [4.69, 9.17) is 26.8 Å². The van der Waals surface area contributed by atoms with Crippen LogP contribution in [0.25, 0.3) is 0 Å². The van der Waals surface area contributed by atoms with Crippen LogP contribution in [0, 0.1) is 0 Å². The normalized spacial score (nSPS) is 11.0. The van der Waals surface area contributed by atoms with Crippen LogP contribution in [-0.4, -0.2) is 25.7 Å². The first-order valence-electron chi connectivity index (χ1n) is 8.76. The Labute approximate surface area is 183 Å². The molecule has 0 amide bonds. The molecular formula is C20H27ClIN3O2. The summed E-state index contributed by atoms with van der Waals surface area (Å²) < 4.78 is 11.1. The molecular weight excluding hydrogens is 477 g/mol. The van der Waals surface area contributed by atoms with E-state index in [1.807, 2.05) is 55.5 Å². The number of ether oxygens (including phenoxy) is 2. The maximum Gasteiger partial charge on any atom is 0.188 e. The van der Waals surface area contributed by atoms with E-state index in [1.165, 1.54) is 0 Å². The number of aliphatic imine (C=N–C) groups is 1. The van der Waals surface area contributed by atoms with Crippen molar-refractivity contribution < 1.29 is 9.47 Å². The van der Waals surface area contributed by atoms with Crippen molar-refractivity contribution in [3.8, 4) is 5.75 Å². The number of nitrogens with one attached hydrogen (secondary N) is 1. The van der Waals surface area contributed by atoms with Crippen molar-refractivity contribution in [3.63, 3.8) is 0 Å². The molecule has 2 rings (SSSR count). The highest BCUT2D eigenvalue weighted by Crippen LogP contribution is 2.24. The Morgan fingerprint density at radius 3 is 2.56 bits per heavy atom. The van der Waals surface area contributed by atoms with Crippen LogP contribution >= 0.6 is 35.6 Å². The van der Waals surface area contributed by atoms with Gasteiger partial charge in [0.05, 0.1) is 11.6 Å². The highest BCUT2D eigenvalue weighted by atomic mass is 127. The van der Waals surface area contributed by atoms with Crippen LogP contribution in [0.3, 0.4) is 0 Å². The molecule has 0 aromatic heterocycles. The average molecular weight is 504 g/mol. The molecule has 0 bridgehead atoms. The molecule has 0 spiro atoms. The minimum atomic E-state index is 0. The number of rotatable bonds is 10. The Bertz CT molecular complexity index is 713. The van der Waals surface area contributed by atoms with Gasteiger partial charge in [-0.05, 0) is 36.6 Å². The molecule has 27 heavy (non-hydrogen) atoms. The van der Waals surface area contributed by atoms with E-state index in [1.54, 1.807) is 0 Å². The van der Waals surface area contributed by atoms with Gasteiger partial charge in [-0.15, -0.1) is 24.0 Å². The summed E-state index contributed by atoms with van der Waals surface area (Å²) in [5.41, 5.74) is 8.04. The molecule has 0 fully saturated rings. The predicted molar refractivity (Wildman–Crippen MR) is 122 cm³/mol. The number of hydrogen-bond acceptors (Lipinski definition) is 3. The van der Waals surface area contributed by atoms with Gasteiger partial charge in [-0.1, -0.05) is 48.0 Å². The summed E-state index contributed by atoms with van der Waals surface area (Å²) in [6.45, 7) is 5.10. The summed E-state index contributed by atoms with van der Waals surface area (Å²) in [7, 11) is 0. The van der Waals surface area contributed by atoms with Crippen molar-refractivity contribution in [2.24, 2.45) is 10.7 Å². The van der Waals surface area contributed by atoms with Crippen molar-refractivity contribution in [1.29, 1.82) is 0 Å². The molecule has 0 aliphatic carbocycles. The van der Waals surface area contributed by atoms with Gasteiger partial charge in [-0.25, -0.2) is 4.99 Å². The van der Waals surface area contributed by atoms with Gasteiger partial charge < -0.3 is 20.5 Å². The lowest BCUT2D eigenvalue weighted by Crippen LogP contribution is -2.32. The Morgan fingerprint density at radius 1 is 1.11 bits per heavy atom. The first-order chi connectivity index (χ1) is 12.7. The second-order valence-corrected chi connectivity index (χ2v) is 6.07. The lowest BCUT2D eigenvalue weighted by Gasteiger charge is -2.11. The standard InChI is InChI=1S/C20H26ClN3O2.HI/c1-2-25-13-7-12-23-20(22)24-14-16-8-3-4-9-17(16)15-26-19-11-6-5-10-18(19)21;/h3-6,8-11H,2,7,12-15H2,1H3,(H3,22,23,24);1H. The highest BCUT2D eigenvalue weighted by Gasteiger charge is 2.05. The Hall–Kier alpha value is -1.51. The molecule has 7 heteroatoms. The molecule has 0 radical (unpaired) electrons.